The van der Waals surface area contributed by atoms with Crippen molar-refractivity contribution >= 4 is 22.7 Å². The molecule has 0 atom stereocenters. The molecule has 0 unspecified atom stereocenters. The van der Waals surface area contributed by atoms with Crippen molar-refractivity contribution in [2.24, 2.45) is 4.99 Å². The third-order valence-electron chi connectivity index (χ3n) is 3.60. The standard InChI is InChI=1S/C11H8N2.C10H11N.U/c1-8-7-13-11(6-12)10-5-3-2-4-9(8)10;1-4-11-10-7-8(2)5-6-9(10)3;/h2-5,7H,1H3;5-6H,1-3H3;/q;-2;+2. The molecule has 0 radical (unpaired) electrons. The number of aryl methyl sites for hydroxylation is 3. The van der Waals surface area contributed by atoms with Gasteiger partial charge in [-0.05, 0) is 17.9 Å². The van der Waals surface area contributed by atoms with Gasteiger partial charge in [-0.25, -0.2) is 16.2 Å². The first-order chi connectivity index (χ1) is 11.6. The number of aliphatic imine (C=N–C) groups is 1. The summed E-state index contributed by atoms with van der Waals surface area (Å²) < 4.78 is 0. The van der Waals surface area contributed by atoms with Gasteiger partial charge in [0, 0.05) is 11.6 Å². The molecule has 0 saturated carbocycles. The van der Waals surface area contributed by atoms with Crippen LogP contribution >= 0.6 is 0 Å². The van der Waals surface area contributed by atoms with Crippen molar-refractivity contribution < 1.29 is 31.1 Å². The first kappa shape index (κ1) is 21.1. The van der Waals surface area contributed by atoms with Crippen molar-refractivity contribution in [2.45, 2.75) is 27.7 Å². The van der Waals surface area contributed by atoms with E-state index in [0.29, 0.717) is 5.69 Å². The quantitative estimate of drug-likeness (QED) is 0.312. The maximum absolute atomic E-state index is 8.81. The first-order valence-corrected chi connectivity index (χ1v) is 7.68. The summed E-state index contributed by atoms with van der Waals surface area (Å²) in [4.78, 5) is 8.13. The molecule has 0 fully saturated rings. The maximum atomic E-state index is 8.81. The molecular formula is C21H19N3U. The zero-order valence-corrected chi connectivity index (χ0v) is 19.0. The molecule has 3 rings (SSSR count). The summed E-state index contributed by atoms with van der Waals surface area (Å²) in [6.45, 7) is 7.81. The van der Waals surface area contributed by atoms with E-state index in [4.69, 9.17) is 5.26 Å². The number of pyridine rings is 1. The minimum Gasteiger partial charge on any atom is -0.482 e. The van der Waals surface area contributed by atoms with Gasteiger partial charge < -0.3 is 4.99 Å². The molecule has 3 nitrogen and oxygen atoms in total. The van der Waals surface area contributed by atoms with Gasteiger partial charge in [0.25, 0.3) is 0 Å². The van der Waals surface area contributed by atoms with Gasteiger partial charge in [-0.2, -0.15) is 29.2 Å². The summed E-state index contributed by atoms with van der Waals surface area (Å²) in [6.07, 6.45) is 4.48. The fraction of sp³-hybridized carbons (Fsp3) is 0.190. The van der Waals surface area contributed by atoms with E-state index < -0.39 is 0 Å². The van der Waals surface area contributed by atoms with E-state index in [2.05, 4.69) is 28.3 Å². The van der Waals surface area contributed by atoms with Crippen LogP contribution in [0.2, 0.25) is 0 Å². The van der Waals surface area contributed by atoms with Gasteiger partial charge in [-0.3, -0.25) is 6.07 Å². The van der Waals surface area contributed by atoms with Gasteiger partial charge >= 0.3 is 31.1 Å². The summed E-state index contributed by atoms with van der Waals surface area (Å²) >= 11 is 0. The molecule has 1 aromatic heterocycles. The van der Waals surface area contributed by atoms with Crippen LogP contribution in [-0.2, 0) is 0 Å². The second kappa shape index (κ2) is 10.1. The molecule has 0 bridgehead atoms. The van der Waals surface area contributed by atoms with Crippen molar-refractivity contribution in [1.29, 1.82) is 5.26 Å². The minimum absolute atomic E-state index is 0. The predicted molar refractivity (Wildman–Crippen MR) is 98.7 cm³/mol. The summed E-state index contributed by atoms with van der Waals surface area (Å²) in [5.41, 5.74) is 4.76. The molecule has 0 aliphatic carbocycles. The van der Waals surface area contributed by atoms with Crippen LogP contribution in [0.3, 0.4) is 0 Å². The van der Waals surface area contributed by atoms with Gasteiger partial charge in [0.05, 0.1) is 0 Å². The van der Waals surface area contributed by atoms with Gasteiger partial charge in [0.2, 0.25) is 0 Å². The average molecular weight is 551 g/mol. The number of nitriles is 1. The molecule has 25 heavy (non-hydrogen) atoms. The molecule has 0 aliphatic rings. The number of fused-ring (bicyclic) bond motifs is 1. The van der Waals surface area contributed by atoms with Crippen LogP contribution in [0.4, 0.5) is 5.69 Å². The van der Waals surface area contributed by atoms with Gasteiger partial charge in [0.15, 0.2) is 0 Å². The Hall–Kier alpha value is -1.94. The Balaban J connectivity index is 0.000000244. The third kappa shape index (κ3) is 5.53. The van der Waals surface area contributed by atoms with Crippen molar-refractivity contribution in [2.75, 3.05) is 0 Å². The number of nitrogens with zero attached hydrogens (tertiary/aromatic N) is 3. The second-order valence-electron chi connectivity index (χ2n) is 5.46. The number of aromatic nitrogens is 1. The fourth-order valence-corrected chi connectivity index (χ4v) is 2.31. The first-order valence-electron chi connectivity index (χ1n) is 7.68. The SMILES string of the molecule is C[C-]=Nc1[c-]c(C)ccc1C.Cc1cnc(C#N)c2ccccc12.[U+2]. The number of hydrogen-bond acceptors (Lipinski definition) is 3. The minimum atomic E-state index is 0. The van der Waals surface area contributed by atoms with Crippen LogP contribution in [0, 0.1) is 69.3 Å². The molecule has 3 aromatic rings. The monoisotopic (exact) mass is 551 g/mol. The molecule has 0 amide bonds. The van der Waals surface area contributed by atoms with Crippen molar-refractivity contribution in [3.8, 4) is 6.07 Å². The Morgan fingerprint density at radius 1 is 1.04 bits per heavy atom. The van der Waals surface area contributed by atoms with E-state index in [9.17, 15) is 0 Å². The Bertz CT molecular complexity index is 924. The summed E-state index contributed by atoms with van der Waals surface area (Å²) in [5.74, 6) is 0. The number of benzene rings is 2. The average Bonchev–Trinajstić information content (AvgIpc) is 2.60. The predicted octanol–water partition coefficient (Wildman–Crippen LogP) is 5.12. The molecule has 0 aliphatic heterocycles. The van der Waals surface area contributed by atoms with E-state index in [1.165, 1.54) is 0 Å². The van der Waals surface area contributed by atoms with Crippen molar-refractivity contribution in [3.63, 3.8) is 0 Å². The van der Waals surface area contributed by atoms with Crippen LogP contribution in [-0.4, -0.2) is 11.2 Å². The summed E-state index contributed by atoms with van der Waals surface area (Å²) in [6, 6.07) is 17.1. The zero-order chi connectivity index (χ0) is 17.5. The molecular weight excluding hydrogens is 532 g/mol. The van der Waals surface area contributed by atoms with E-state index >= 15 is 0 Å². The summed E-state index contributed by atoms with van der Waals surface area (Å²) in [5, 5.41) is 10.9. The Kier molecular flexibility index (Phi) is 8.56. The van der Waals surface area contributed by atoms with Gasteiger partial charge in [-0.1, -0.05) is 31.2 Å². The van der Waals surface area contributed by atoms with Crippen molar-refractivity contribution in [1.82, 2.24) is 4.98 Å². The summed E-state index contributed by atoms with van der Waals surface area (Å²) in [7, 11) is 0. The maximum Gasteiger partial charge on any atom is 2.00 e. The van der Waals surface area contributed by atoms with E-state index in [1.54, 1.807) is 13.1 Å². The molecule has 0 saturated heterocycles. The van der Waals surface area contributed by atoms with Crippen LogP contribution in [0.5, 0.6) is 0 Å². The van der Waals surface area contributed by atoms with Gasteiger partial charge in [0.1, 0.15) is 11.8 Å². The van der Waals surface area contributed by atoms with Crippen LogP contribution in [0.1, 0.15) is 29.3 Å². The molecule has 0 N–H and O–H groups in total. The fourth-order valence-electron chi connectivity index (χ4n) is 2.31. The smallest absolute Gasteiger partial charge is 0.482 e. The molecule has 0 spiro atoms. The van der Waals surface area contributed by atoms with Crippen molar-refractivity contribution in [3.05, 3.63) is 71.0 Å². The molecule has 4 heteroatoms. The number of rotatable bonds is 1. The molecule has 122 valence electrons. The van der Waals surface area contributed by atoms with Crippen LogP contribution < -0.4 is 0 Å². The normalized spacial score (nSPS) is 9.88. The third-order valence-corrected chi connectivity index (χ3v) is 3.60. The molecule has 1 heterocycles. The van der Waals surface area contributed by atoms with E-state index in [-0.39, 0.29) is 31.1 Å². The van der Waals surface area contributed by atoms with E-state index in [1.807, 2.05) is 57.2 Å². The Morgan fingerprint density at radius 3 is 2.36 bits per heavy atom. The van der Waals surface area contributed by atoms with Crippen LogP contribution in [0.25, 0.3) is 10.8 Å². The topological polar surface area (TPSA) is 49.0 Å². The zero-order valence-electron chi connectivity index (χ0n) is 14.9. The second-order valence-corrected chi connectivity index (χ2v) is 5.46. The largest absolute Gasteiger partial charge is 2.00 e. The number of hydrogen-bond donors (Lipinski definition) is 0. The van der Waals surface area contributed by atoms with Crippen LogP contribution in [0.15, 0.2) is 47.6 Å². The van der Waals surface area contributed by atoms with E-state index in [0.717, 1.165) is 33.2 Å². The van der Waals surface area contributed by atoms with Gasteiger partial charge in [-0.15, -0.1) is 13.8 Å². The molecule has 2 aromatic carbocycles. The Labute approximate surface area is 173 Å². The Morgan fingerprint density at radius 2 is 1.72 bits per heavy atom.